The van der Waals surface area contributed by atoms with Crippen LogP contribution in [0.15, 0.2) is 48.5 Å². The molecule has 2 aromatic carbocycles. The second-order valence-electron chi connectivity index (χ2n) is 9.62. The highest BCUT2D eigenvalue weighted by molar-refractivity contribution is 5.85. The number of amides is 2. The van der Waals surface area contributed by atoms with Gasteiger partial charge in [-0.25, -0.2) is 9.59 Å². The Hall–Kier alpha value is -3.39. The van der Waals surface area contributed by atoms with Crippen LogP contribution in [-0.2, 0) is 19.1 Å². The molecule has 2 fully saturated rings. The molecule has 3 aliphatic rings. The number of morpholine rings is 1. The first-order chi connectivity index (χ1) is 17.0. The van der Waals surface area contributed by atoms with E-state index in [9.17, 15) is 19.5 Å². The van der Waals surface area contributed by atoms with Gasteiger partial charge in [0, 0.05) is 19.0 Å². The Morgan fingerprint density at radius 3 is 2.29 bits per heavy atom. The smallest absolute Gasteiger partial charge is 0.407 e. The summed E-state index contributed by atoms with van der Waals surface area (Å²) in [5, 5.41) is 12.1. The van der Waals surface area contributed by atoms with E-state index in [4.69, 9.17) is 9.47 Å². The third-order valence-corrected chi connectivity index (χ3v) is 7.56. The first-order valence-electron chi connectivity index (χ1n) is 12.2. The SMILES string of the molecule is O=C(NCC1(C(=O)N2CCOC(C(=O)O)C2)CCCC1)OCC1c2ccccc2-c2ccccc21. The summed E-state index contributed by atoms with van der Waals surface area (Å²) in [5.41, 5.74) is 3.88. The zero-order chi connectivity index (χ0) is 24.4. The highest BCUT2D eigenvalue weighted by Crippen LogP contribution is 2.44. The molecule has 2 aromatic rings. The van der Waals surface area contributed by atoms with Crippen LogP contribution in [0.3, 0.4) is 0 Å². The van der Waals surface area contributed by atoms with Gasteiger partial charge in [-0.05, 0) is 35.1 Å². The van der Waals surface area contributed by atoms with Crippen LogP contribution in [0.1, 0.15) is 42.7 Å². The molecule has 8 nitrogen and oxygen atoms in total. The fourth-order valence-corrected chi connectivity index (χ4v) is 5.73. The van der Waals surface area contributed by atoms with Crippen molar-refractivity contribution in [2.75, 3.05) is 32.8 Å². The number of hydrogen-bond acceptors (Lipinski definition) is 5. The minimum atomic E-state index is -1.07. The number of ether oxygens (including phenoxy) is 2. The molecule has 2 N–H and O–H groups in total. The number of carboxylic acids is 1. The van der Waals surface area contributed by atoms with Crippen LogP contribution in [-0.4, -0.2) is 66.9 Å². The summed E-state index contributed by atoms with van der Waals surface area (Å²) < 4.78 is 10.9. The summed E-state index contributed by atoms with van der Waals surface area (Å²) in [6.07, 6.45) is 1.54. The lowest BCUT2D eigenvalue weighted by Gasteiger charge is -2.38. The van der Waals surface area contributed by atoms with Crippen molar-refractivity contribution in [3.05, 3.63) is 59.7 Å². The van der Waals surface area contributed by atoms with Gasteiger partial charge in [-0.2, -0.15) is 0 Å². The monoisotopic (exact) mass is 478 g/mol. The second kappa shape index (κ2) is 9.70. The Labute approximate surface area is 204 Å². The third kappa shape index (κ3) is 4.50. The quantitative estimate of drug-likeness (QED) is 0.659. The van der Waals surface area contributed by atoms with Crippen molar-refractivity contribution in [2.24, 2.45) is 5.41 Å². The van der Waals surface area contributed by atoms with Crippen LogP contribution in [0, 0.1) is 5.41 Å². The Morgan fingerprint density at radius 2 is 1.66 bits per heavy atom. The molecule has 0 radical (unpaired) electrons. The first kappa shape index (κ1) is 23.4. The van der Waals surface area contributed by atoms with E-state index in [1.165, 1.54) is 0 Å². The van der Waals surface area contributed by atoms with E-state index in [-0.39, 0.29) is 38.1 Å². The number of benzene rings is 2. The van der Waals surface area contributed by atoms with Gasteiger partial charge in [0.1, 0.15) is 6.61 Å². The number of nitrogens with zero attached hydrogens (tertiary/aromatic N) is 1. The molecule has 0 aromatic heterocycles. The van der Waals surface area contributed by atoms with Gasteiger partial charge < -0.3 is 24.8 Å². The fraction of sp³-hybridized carbons (Fsp3) is 0.444. The zero-order valence-electron chi connectivity index (χ0n) is 19.6. The highest BCUT2D eigenvalue weighted by atomic mass is 16.5. The van der Waals surface area contributed by atoms with E-state index >= 15 is 0 Å². The summed E-state index contributed by atoms with van der Waals surface area (Å²) >= 11 is 0. The van der Waals surface area contributed by atoms with E-state index in [1.54, 1.807) is 4.90 Å². The topological polar surface area (TPSA) is 105 Å². The largest absolute Gasteiger partial charge is 0.479 e. The maximum Gasteiger partial charge on any atom is 0.407 e. The Bertz CT molecular complexity index is 1080. The number of rotatable bonds is 6. The number of fused-ring (bicyclic) bond motifs is 3. The third-order valence-electron chi connectivity index (χ3n) is 7.56. The molecule has 35 heavy (non-hydrogen) atoms. The van der Waals surface area contributed by atoms with E-state index in [2.05, 4.69) is 29.6 Å². The lowest BCUT2D eigenvalue weighted by molar-refractivity contribution is -0.162. The maximum absolute atomic E-state index is 13.4. The standard InChI is InChI=1S/C27H30N2O6/c30-24(31)23-15-29(13-14-34-23)25(32)27(11-5-6-12-27)17-28-26(33)35-16-22-20-9-3-1-7-18(20)19-8-2-4-10-21(19)22/h1-4,7-10,22-23H,5-6,11-17H2,(H,28,33)(H,30,31). The van der Waals surface area contributed by atoms with Gasteiger partial charge in [-0.1, -0.05) is 61.4 Å². The molecule has 0 spiro atoms. The summed E-state index contributed by atoms with van der Waals surface area (Å²) in [5.74, 6) is -1.21. The number of aliphatic carboxylic acids is 1. The summed E-state index contributed by atoms with van der Waals surface area (Å²) in [6, 6.07) is 16.3. The average Bonchev–Trinajstić information content (AvgIpc) is 3.50. The Morgan fingerprint density at radius 1 is 1.03 bits per heavy atom. The van der Waals surface area contributed by atoms with Crippen LogP contribution in [0.5, 0.6) is 0 Å². The molecule has 1 saturated carbocycles. The summed E-state index contributed by atoms with van der Waals surface area (Å²) in [6.45, 7) is 0.969. The Kier molecular flexibility index (Phi) is 6.47. The van der Waals surface area contributed by atoms with Gasteiger partial charge >= 0.3 is 12.1 Å². The van der Waals surface area contributed by atoms with Gasteiger partial charge in [0.2, 0.25) is 5.91 Å². The molecule has 5 rings (SSSR count). The van der Waals surface area contributed by atoms with E-state index in [0.29, 0.717) is 19.4 Å². The molecule has 1 atom stereocenters. The van der Waals surface area contributed by atoms with Crippen LogP contribution < -0.4 is 5.32 Å². The highest BCUT2D eigenvalue weighted by Gasteiger charge is 2.45. The molecule has 2 amide bonds. The first-order valence-corrected chi connectivity index (χ1v) is 12.2. The molecule has 2 aliphatic carbocycles. The van der Waals surface area contributed by atoms with Gasteiger partial charge in [-0.3, -0.25) is 4.79 Å². The van der Waals surface area contributed by atoms with Crippen molar-refractivity contribution in [1.82, 2.24) is 10.2 Å². The van der Waals surface area contributed by atoms with Crippen LogP contribution in [0.2, 0.25) is 0 Å². The number of carbonyl (C=O) groups is 3. The summed E-state index contributed by atoms with van der Waals surface area (Å²) in [7, 11) is 0. The van der Waals surface area contributed by atoms with Crippen molar-refractivity contribution in [3.8, 4) is 11.1 Å². The fourth-order valence-electron chi connectivity index (χ4n) is 5.73. The molecule has 1 heterocycles. The Balaban J connectivity index is 1.22. The van der Waals surface area contributed by atoms with Gasteiger partial charge in [-0.15, -0.1) is 0 Å². The van der Waals surface area contributed by atoms with E-state index < -0.39 is 23.6 Å². The molecular weight excluding hydrogens is 448 g/mol. The second-order valence-corrected chi connectivity index (χ2v) is 9.62. The number of hydrogen-bond donors (Lipinski definition) is 2. The molecule has 1 saturated heterocycles. The molecule has 8 heteroatoms. The minimum absolute atomic E-state index is 0.0286. The van der Waals surface area contributed by atoms with Crippen LogP contribution in [0.25, 0.3) is 11.1 Å². The average molecular weight is 479 g/mol. The van der Waals surface area contributed by atoms with Crippen molar-refractivity contribution < 1.29 is 29.0 Å². The normalized spacial score (nSPS) is 20.7. The lowest BCUT2D eigenvalue weighted by Crippen LogP contribution is -2.55. The molecule has 0 bridgehead atoms. The maximum atomic E-state index is 13.4. The van der Waals surface area contributed by atoms with Gasteiger partial charge in [0.25, 0.3) is 0 Å². The molecule has 184 valence electrons. The molecule has 1 unspecified atom stereocenters. The van der Waals surface area contributed by atoms with Crippen molar-refractivity contribution in [2.45, 2.75) is 37.7 Å². The van der Waals surface area contributed by atoms with Crippen LogP contribution >= 0.6 is 0 Å². The van der Waals surface area contributed by atoms with Crippen molar-refractivity contribution >= 4 is 18.0 Å². The zero-order valence-corrected chi connectivity index (χ0v) is 19.6. The summed E-state index contributed by atoms with van der Waals surface area (Å²) in [4.78, 5) is 39.1. The number of carboxylic acid groups (broad SMARTS) is 1. The predicted octanol–water partition coefficient (Wildman–Crippen LogP) is 3.40. The predicted molar refractivity (Wildman–Crippen MR) is 128 cm³/mol. The van der Waals surface area contributed by atoms with Gasteiger partial charge in [0.05, 0.1) is 18.6 Å². The number of carbonyl (C=O) groups excluding carboxylic acids is 2. The van der Waals surface area contributed by atoms with Crippen molar-refractivity contribution in [3.63, 3.8) is 0 Å². The van der Waals surface area contributed by atoms with Crippen molar-refractivity contribution in [1.29, 1.82) is 0 Å². The van der Waals surface area contributed by atoms with E-state index in [0.717, 1.165) is 35.1 Å². The minimum Gasteiger partial charge on any atom is -0.479 e. The number of nitrogens with one attached hydrogen (secondary N) is 1. The lowest BCUT2D eigenvalue weighted by atomic mass is 9.84. The molecular formula is C27H30N2O6. The van der Waals surface area contributed by atoms with Crippen LogP contribution in [0.4, 0.5) is 4.79 Å². The number of alkyl carbamates (subject to hydrolysis) is 1. The molecule has 1 aliphatic heterocycles. The van der Waals surface area contributed by atoms with E-state index in [1.807, 2.05) is 24.3 Å². The van der Waals surface area contributed by atoms with Gasteiger partial charge in [0.15, 0.2) is 6.10 Å².